The third-order valence-electron chi connectivity index (χ3n) is 5.37. The minimum absolute atomic E-state index is 0.220. The summed E-state index contributed by atoms with van der Waals surface area (Å²) in [5.41, 5.74) is 5.00. The van der Waals surface area contributed by atoms with Crippen LogP contribution in [0.4, 0.5) is 4.79 Å². The molecule has 0 saturated heterocycles. The Hall–Kier alpha value is -1.86. The van der Waals surface area contributed by atoms with Gasteiger partial charge in [0.25, 0.3) is 0 Å². The average Bonchev–Trinajstić information content (AvgIpc) is 3.38. The highest BCUT2D eigenvalue weighted by atomic mass is 16.6. The third-order valence-corrected chi connectivity index (χ3v) is 5.37. The van der Waals surface area contributed by atoms with Crippen molar-refractivity contribution in [1.29, 1.82) is 0 Å². The number of alkyl carbamates (subject to hydrolysis) is 1. The highest BCUT2D eigenvalue weighted by Crippen LogP contribution is 2.52. The van der Waals surface area contributed by atoms with Crippen molar-refractivity contribution in [2.45, 2.75) is 32.1 Å². The Morgan fingerprint density at radius 1 is 0.806 bits per heavy atom. The molecule has 0 spiro atoms. The number of fused-ring (bicyclic) bond motifs is 1. The molecule has 0 bridgehead atoms. The molecule has 2 amide bonds. The summed E-state index contributed by atoms with van der Waals surface area (Å²) in [5, 5.41) is 2.71. The molecule has 2 rings (SSSR count). The Kier molecular flexibility index (Phi) is 13.0. The first-order valence-electron chi connectivity index (χ1n) is 11.1. The number of hydrogen-bond donors (Lipinski definition) is 2. The number of amides is 2. The van der Waals surface area contributed by atoms with Crippen LogP contribution in [-0.2, 0) is 28.5 Å². The number of nitrogens with one attached hydrogen (secondary N) is 1. The van der Waals surface area contributed by atoms with Crippen molar-refractivity contribution in [3.8, 4) is 11.8 Å². The van der Waals surface area contributed by atoms with Gasteiger partial charge in [0.1, 0.15) is 0 Å². The summed E-state index contributed by atoms with van der Waals surface area (Å²) < 4.78 is 26.6. The van der Waals surface area contributed by atoms with E-state index in [1.165, 1.54) is 0 Å². The minimum atomic E-state index is -0.383. The Bertz CT molecular complexity index is 572. The number of carbonyl (C=O) groups excluding carboxylic acids is 2. The van der Waals surface area contributed by atoms with Gasteiger partial charge in [-0.05, 0) is 30.6 Å². The molecule has 0 heterocycles. The van der Waals surface area contributed by atoms with Gasteiger partial charge in [0, 0.05) is 25.8 Å². The van der Waals surface area contributed by atoms with Crippen molar-refractivity contribution in [2.75, 3.05) is 66.0 Å². The van der Waals surface area contributed by atoms with Gasteiger partial charge in [-0.15, -0.1) is 11.8 Å². The maximum Gasteiger partial charge on any atom is 0.407 e. The molecule has 3 atom stereocenters. The van der Waals surface area contributed by atoms with Crippen LogP contribution in [0.2, 0.25) is 0 Å². The number of ether oxygens (including phenoxy) is 5. The van der Waals surface area contributed by atoms with E-state index in [9.17, 15) is 9.59 Å². The predicted octanol–water partition coefficient (Wildman–Crippen LogP) is 1.09. The van der Waals surface area contributed by atoms with E-state index in [1.54, 1.807) is 0 Å². The van der Waals surface area contributed by atoms with Gasteiger partial charge in [-0.1, -0.05) is 0 Å². The topological polar surface area (TPSA) is 118 Å². The van der Waals surface area contributed by atoms with Gasteiger partial charge in [0.15, 0.2) is 0 Å². The van der Waals surface area contributed by atoms with E-state index >= 15 is 0 Å². The quantitative estimate of drug-likeness (QED) is 0.257. The van der Waals surface area contributed by atoms with Crippen LogP contribution >= 0.6 is 0 Å². The molecular weight excluding hydrogens is 404 g/mol. The predicted molar refractivity (Wildman–Crippen MR) is 113 cm³/mol. The molecule has 2 aliphatic carbocycles. The van der Waals surface area contributed by atoms with Gasteiger partial charge in [-0.2, -0.15) is 0 Å². The van der Waals surface area contributed by atoms with Gasteiger partial charge in [0.05, 0.1) is 59.5 Å². The molecule has 0 aliphatic heterocycles. The van der Waals surface area contributed by atoms with Crippen molar-refractivity contribution < 1.29 is 33.3 Å². The number of primary amides is 1. The summed E-state index contributed by atoms with van der Waals surface area (Å²) >= 11 is 0. The zero-order chi connectivity index (χ0) is 22.2. The second-order valence-electron chi connectivity index (χ2n) is 7.61. The van der Waals surface area contributed by atoms with Crippen LogP contribution in [0.25, 0.3) is 0 Å². The van der Waals surface area contributed by atoms with Crippen LogP contribution in [-0.4, -0.2) is 78.0 Å². The number of nitrogens with two attached hydrogens (primary N) is 1. The van der Waals surface area contributed by atoms with E-state index < -0.39 is 0 Å². The second-order valence-corrected chi connectivity index (χ2v) is 7.61. The largest absolute Gasteiger partial charge is 0.449 e. The molecule has 2 aliphatic rings. The van der Waals surface area contributed by atoms with Crippen LogP contribution in [0.1, 0.15) is 32.1 Å². The Balaban J connectivity index is 1.29. The molecule has 2 unspecified atom stereocenters. The van der Waals surface area contributed by atoms with E-state index in [1.807, 2.05) is 0 Å². The normalized spacial score (nSPS) is 21.7. The van der Waals surface area contributed by atoms with Crippen LogP contribution in [0, 0.1) is 29.6 Å². The highest BCUT2D eigenvalue weighted by Gasteiger charge is 2.49. The van der Waals surface area contributed by atoms with Crippen LogP contribution in [0.15, 0.2) is 0 Å². The van der Waals surface area contributed by atoms with E-state index in [-0.39, 0.29) is 18.4 Å². The Morgan fingerprint density at radius 2 is 1.32 bits per heavy atom. The molecule has 31 heavy (non-hydrogen) atoms. The first kappa shape index (κ1) is 25.4. The molecule has 0 aromatic carbocycles. The van der Waals surface area contributed by atoms with Crippen molar-refractivity contribution in [1.82, 2.24) is 5.32 Å². The third kappa shape index (κ3) is 11.9. The zero-order valence-electron chi connectivity index (χ0n) is 18.3. The first-order chi connectivity index (χ1) is 15.2. The van der Waals surface area contributed by atoms with E-state index in [4.69, 9.17) is 29.4 Å². The van der Waals surface area contributed by atoms with Crippen molar-refractivity contribution >= 4 is 12.0 Å². The molecule has 9 nitrogen and oxygen atoms in total. The summed E-state index contributed by atoms with van der Waals surface area (Å²) in [6.45, 7) is 4.31. The lowest BCUT2D eigenvalue weighted by Crippen LogP contribution is -2.29. The smallest absolute Gasteiger partial charge is 0.407 e. The monoisotopic (exact) mass is 440 g/mol. The standard InChI is InChI=1S/C22H36N2O7/c23-21(25)7-9-27-11-13-29-15-16-30-14-12-28-10-8-24-22(26)31-17-20-18-5-3-1-2-4-6-19(18)20/h18-20H,3-17H2,(H2,23,25)(H,24,26)/t18-,19?,20?/m1/s1. The Labute approximate surface area is 184 Å². The molecule has 0 radical (unpaired) electrons. The molecule has 0 aromatic heterocycles. The fourth-order valence-electron chi connectivity index (χ4n) is 3.67. The Morgan fingerprint density at radius 3 is 1.87 bits per heavy atom. The molecule has 0 aromatic rings. The highest BCUT2D eigenvalue weighted by molar-refractivity contribution is 5.73. The summed E-state index contributed by atoms with van der Waals surface area (Å²) in [6, 6.07) is 0. The van der Waals surface area contributed by atoms with E-state index in [2.05, 4.69) is 17.2 Å². The number of hydrogen-bond acceptors (Lipinski definition) is 7. The van der Waals surface area contributed by atoms with Crippen molar-refractivity contribution in [2.24, 2.45) is 23.5 Å². The summed E-state index contributed by atoms with van der Waals surface area (Å²) in [7, 11) is 0. The van der Waals surface area contributed by atoms with E-state index in [0.717, 1.165) is 25.7 Å². The molecule has 1 fully saturated rings. The number of rotatable bonds is 17. The van der Waals surface area contributed by atoms with Gasteiger partial charge in [-0.25, -0.2) is 4.79 Å². The van der Waals surface area contributed by atoms with Gasteiger partial charge in [-0.3, -0.25) is 4.79 Å². The lowest BCUT2D eigenvalue weighted by atomic mass is 10.1. The average molecular weight is 441 g/mol. The van der Waals surface area contributed by atoms with Crippen molar-refractivity contribution in [3.63, 3.8) is 0 Å². The molecule has 1 saturated carbocycles. The maximum absolute atomic E-state index is 11.8. The maximum atomic E-state index is 11.8. The number of carbonyl (C=O) groups is 2. The molecule has 9 heteroatoms. The summed E-state index contributed by atoms with van der Waals surface area (Å²) in [4.78, 5) is 22.3. The molecular formula is C22H36N2O7. The molecule has 3 N–H and O–H groups in total. The fourth-order valence-corrected chi connectivity index (χ4v) is 3.67. The summed E-state index contributed by atoms with van der Waals surface area (Å²) in [6.07, 6.45) is 4.02. The van der Waals surface area contributed by atoms with Gasteiger partial charge >= 0.3 is 6.09 Å². The first-order valence-corrected chi connectivity index (χ1v) is 11.1. The summed E-state index contributed by atoms with van der Waals surface area (Å²) in [5.74, 6) is 7.85. The van der Waals surface area contributed by atoms with Crippen LogP contribution in [0.5, 0.6) is 0 Å². The lowest BCUT2D eigenvalue weighted by Gasteiger charge is -2.08. The van der Waals surface area contributed by atoms with Gasteiger partial charge in [0.2, 0.25) is 5.91 Å². The van der Waals surface area contributed by atoms with E-state index in [0.29, 0.717) is 83.8 Å². The van der Waals surface area contributed by atoms with Crippen LogP contribution < -0.4 is 11.1 Å². The zero-order valence-corrected chi connectivity index (χ0v) is 18.3. The lowest BCUT2D eigenvalue weighted by molar-refractivity contribution is -0.119. The molecule has 176 valence electrons. The van der Waals surface area contributed by atoms with Crippen molar-refractivity contribution in [3.05, 3.63) is 0 Å². The fraction of sp³-hybridized carbons (Fsp3) is 0.818. The van der Waals surface area contributed by atoms with Crippen LogP contribution in [0.3, 0.4) is 0 Å². The SMILES string of the molecule is NC(=O)CCOCCOCCOCCOCCNC(=O)OCC1C2CCC#CCC[C@H]21. The van der Waals surface area contributed by atoms with Gasteiger partial charge < -0.3 is 34.7 Å². The minimum Gasteiger partial charge on any atom is -0.449 e. The second kappa shape index (κ2) is 15.9.